The Morgan fingerprint density at radius 1 is 1.43 bits per heavy atom. The molecule has 0 spiro atoms. The molecule has 82 valence electrons. The first-order valence-electron chi connectivity index (χ1n) is 5.75. The number of likely N-dealkylation sites (N-methyl/N-ethyl adjacent to an activating group) is 1. The number of hydrogen-bond donors (Lipinski definition) is 1. The maximum Gasteiger partial charge on any atom is 0.239 e. The number of nitrogens with one attached hydrogen (secondary N) is 1. The monoisotopic (exact) mass is 198 g/mol. The first-order chi connectivity index (χ1) is 6.79. The number of unbranched alkanes of at least 4 members (excludes halogenated alkanes) is 2. The third-order valence-electron chi connectivity index (χ3n) is 2.91. The fourth-order valence-electron chi connectivity index (χ4n) is 1.75. The van der Waals surface area contributed by atoms with E-state index in [1.807, 2.05) is 11.9 Å². The molecule has 0 aromatic rings. The van der Waals surface area contributed by atoms with Crippen LogP contribution in [0, 0.1) is 0 Å². The third-order valence-corrected chi connectivity index (χ3v) is 2.91. The molecule has 1 aliphatic heterocycles. The van der Waals surface area contributed by atoms with Crippen molar-refractivity contribution < 1.29 is 4.79 Å². The second-order valence-corrected chi connectivity index (χ2v) is 4.02. The van der Waals surface area contributed by atoms with Crippen LogP contribution in [0.1, 0.15) is 39.0 Å². The Hall–Kier alpha value is -0.570. The summed E-state index contributed by atoms with van der Waals surface area (Å²) < 4.78 is 0. The molecule has 0 unspecified atom stereocenters. The SMILES string of the molecule is CCCCC[C@H](NC)C(=O)N1CCC1. The second-order valence-electron chi connectivity index (χ2n) is 4.02. The van der Waals surface area contributed by atoms with E-state index in [0.29, 0.717) is 5.91 Å². The Morgan fingerprint density at radius 2 is 2.14 bits per heavy atom. The number of carbonyl (C=O) groups excluding carboxylic acids is 1. The summed E-state index contributed by atoms with van der Waals surface area (Å²) in [7, 11) is 1.88. The van der Waals surface area contributed by atoms with Crippen molar-refractivity contribution in [2.45, 2.75) is 45.1 Å². The minimum Gasteiger partial charge on any atom is -0.341 e. The number of amides is 1. The molecule has 1 rings (SSSR count). The standard InChI is InChI=1S/C11H22N2O/c1-3-4-5-7-10(12-2)11(14)13-8-6-9-13/h10,12H,3-9H2,1-2H3/t10-/m0/s1. The average Bonchev–Trinajstić information content (AvgIpc) is 2.09. The summed E-state index contributed by atoms with van der Waals surface area (Å²) in [4.78, 5) is 13.8. The molecular weight excluding hydrogens is 176 g/mol. The number of rotatable bonds is 6. The molecule has 1 aliphatic rings. The molecule has 1 atom stereocenters. The lowest BCUT2D eigenvalue weighted by Crippen LogP contribution is -2.51. The van der Waals surface area contributed by atoms with Crippen LogP contribution >= 0.6 is 0 Å². The van der Waals surface area contributed by atoms with Crippen LogP contribution in [0.5, 0.6) is 0 Å². The Labute approximate surface area is 86.9 Å². The lowest BCUT2D eigenvalue weighted by Gasteiger charge is -2.34. The predicted octanol–water partition coefficient (Wildman–Crippen LogP) is 1.39. The summed E-state index contributed by atoms with van der Waals surface area (Å²) in [5.74, 6) is 0.301. The van der Waals surface area contributed by atoms with Crippen molar-refractivity contribution in [1.29, 1.82) is 0 Å². The van der Waals surface area contributed by atoms with Gasteiger partial charge in [0, 0.05) is 13.1 Å². The zero-order chi connectivity index (χ0) is 10.4. The highest BCUT2D eigenvalue weighted by Crippen LogP contribution is 2.11. The molecule has 3 nitrogen and oxygen atoms in total. The topological polar surface area (TPSA) is 32.3 Å². The first-order valence-corrected chi connectivity index (χ1v) is 5.75. The summed E-state index contributed by atoms with van der Waals surface area (Å²) in [6, 6.07) is 0.0573. The van der Waals surface area contributed by atoms with Gasteiger partial charge in [-0.05, 0) is 19.9 Å². The summed E-state index contributed by atoms with van der Waals surface area (Å²) in [5.41, 5.74) is 0. The summed E-state index contributed by atoms with van der Waals surface area (Å²) in [5, 5.41) is 3.12. The minimum absolute atomic E-state index is 0.0573. The third kappa shape index (κ3) is 2.98. The quantitative estimate of drug-likeness (QED) is 0.654. The zero-order valence-electron chi connectivity index (χ0n) is 9.38. The summed E-state index contributed by atoms with van der Waals surface area (Å²) >= 11 is 0. The van der Waals surface area contributed by atoms with E-state index in [0.717, 1.165) is 25.9 Å². The number of hydrogen-bond acceptors (Lipinski definition) is 2. The van der Waals surface area contributed by atoms with E-state index in [-0.39, 0.29) is 6.04 Å². The van der Waals surface area contributed by atoms with Crippen molar-refractivity contribution in [2.24, 2.45) is 0 Å². The predicted molar refractivity (Wildman–Crippen MR) is 58.2 cm³/mol. The van der Waals surface area contributed by atoms with Crippen LogP contribution in [0.4, 0.5) is 0 Å². The Kier molecular flexibility index (Phi) is 4.94. The van der Waals surface area contributed by atoms with E-state index in [1.165, 1.54) is 19.3 Å². The minimum atomic E-state index is 0.0573. The highest BCUT2D eigenvalue weighted by molar-refractivity contribution is 5.82. The Morgan fingerprint density at radius 3 is 2.57 bits per heavy atom. The van der Waals surface area contributed by atoms with Crippen LogP contribution in [0.2, 0.25) is 0 Å². The van der Waals surface area contributed by atoms with Gasteiger partial charge in [0.15, 0.2) is 0 Å². The molecular formula is C11H22N2O. The van der Waals surface area contributed by atoms with Gasteiger partial charge in [-0.3, -0.25) is 4.79 Å². The number of nitrogens with zero attached hydrogens (tertiary/aromatic N) is 1. The normalized spacial score (nSPS) is 17.7. The van der Waals surface area contributed by atoms with Crippen molar-refractivity contribution in [1.82, 2.24) is 10.2 Å². The number of carbonyl (C=O) groups is 1. The van der Waals surface area contributed by atoms with E-state index >= 15 is 0 Å². The van der Waals surface area contributed by atoms with Crippen molar-refractivity contribution in [2.75, 3.05) is 20.1 Å². The highest BCUT2D eigenvalue weighted by Gasteiger charge is 2.26. The van der Waals surface area contributed by atoms with Crippen LogP contribution in [0.15, 0.2) is 0 Å². The lowest BCUT2D eigenvalue weighted by molar-refractivity contribution is -0.137. The maximum absolute atomic E-state index is 11.8. The van der Waals surface area contributed by atoms with Crippen molar-refractivity contribution >= 4 is 5.91 Å². The summed E-state index contributed by atoms with van der Waals surface area (Å²) in [6.45, 7) is 4.11. The first kappa shape index (κ1) is 11.5. The van der Waals surface area contributed by atoms with Crippen LogP contribution in [0.25, 0.3) is 0 Å². The molecule has 0 bridgehead atoms. The molecule has 0 radical (unpaired) electrons. The van der Waals surface area contributed by atoms with Gasteiger partial charge in [-0.15, -0.1) is 0 Å². The van der Waals surface area contributed by atoms with Gasteiger partial charge in [0.05, 0.1) is 6.04 Å². The van der Waals surface area contributed by atoms with E-state index < -0.39 is 0 Å². The average molecular weight is 198 g/mol. The molecule has 0 aromatic carbocycles. The smallest absolute Gasteiger partial charge is 0.239 e. The van der Waals surface area contributed by atoms with Crippen molar-refractivity contribution in [3.05, 3.63) is 0 Å². The number of likely N-dealkylation sites (tertiary alicyclic amines) is 1. The van der Waals surface area contributed by atoms with E-state index in [4.69, 9.17) is 0 Å². The van der Waals surface area contributed by atoms with E-state index in [1.54, 1.807) is 0 Å². The molecule has 1 heterocycles. The Bertz CT molecular complexity index is 178. The largest absolute Gasteiger partial charge is 0.341 e. The second kappa shape index (κ2) is 6.02. The van der Waals surface area contributed by atoms with Gasteiger partial charge < -0.3 is 10.2 Å². The lowest BCUT2D eigenvalue weighted by atomic mass is 10.1. The van der Waals surface area contributed by atoms with Gasteiger partial charge in [0.2, 0.25) is 5.91 Å². The molecule has 1 N–H and O–H groups in total. The van der Waals surface area contributed by atoms with Gasteiger partial charge in [-0.2, -0.15) is 0 Å². The maximum atomic E-state index is 11.8. The molecule has 0 aliphatic carbocycles. The van der Waals surface area contributed by atoms with Gasteiger partial charge >= 0.3 is 0 Å². The van der Waals surface area contributed by atoms with Crippen LogP contribution < -0.4 is 5.32 Å². The van der Waals surface area contributed by atoms with E-state index in [9.17, 15) is 4.79 Å². The molecule has 1 amide bonds. The molecule has 3 heteroatoms. The fourth-order valence-corrected chi connectivity index (χ4v) is 1.75. The molecule has 14 heavy (non-hydrogen) atoms. The molecule has 1 saturated heterocycles. The molecule has 0 saturated carbocycles. The highest BCUT2D eigenvalue weighted by atomic mass is 16.2. The molecule has 0 aromatic heterocycles. The Balaban J connectivity index is 2.24. The fraction of sp³-hybridized carbons (Fsp3) is 0.909. The van der Waals surface area contributed by atoms with Crippen molar-refractivity contribution in [3.63, 3.8) is 0 Å². The molecule has 1 fully saturated rings. The van der Waals surface area contributed by atoms with Crippen LogP contribution in [0.3, 0.4) is 0 Å². The van der Waals surface area contributed by atoms with Crippen LogP contribution in [-0.2, 0) is 4.79 Å². The zero-order valence-corrected chi connectivity index (χ0v) is 9.38. The summed E-state index contributed by atoms with van der Waals surface area (Å²) in [6.07, 6.45) is 5.76. The van der Waals surface area contributed by atoms with Crippen LogP contribution in [-0.4, -0.2) is 37.0 Å². The van der Waals surface area contributed by atoms with Gasteiger partial charge in [-0.25, -0.2) is 0 Å². The van der Waals surface area contributed by atoms with Gasteiger partial charge in [0.1, 0.15) is 0 Å². The van der Waals surface area contributed by atoms with Crippen molar-refractivity contribution in [3.8, 4) is 0 Å². The van der Waals surface area contributed by atoms with Gasteiger partial charge in [-0.1, -0.05) is 26.2 Å². The van der Waals surface area contributed by atoms with Gasteiger partial charge in [0.25, 0.3) is 0 Å². The van der Waals surface area contributed by atoms with E-state index in [2.05, 4.69) is 12.2 Å².